The number of aromatic carboxylic acids is 1. The smallest absolute Gasteiger partial charge is 0.338 e. The number of aromatic nitrogens is 1. The molecule has 2 heterocycles. The highest BCUT2D eigenvalue weighted by Crippen LogP contribution is 2.43. The van der Waals surface area contributed by atoms with Crippen molar-refractivity contribution in [1.29, 1.82) is 0 Å². The van der Waals surface area contributed by atoms with E-state index in [9.17, 15) is 19.8 Å². The van der Waals surface area contributed by atoms with Gasteiger partial charge in [0.05, 0.1) is 24.4 Å². The van der Waals surface area contributed by atoms with Crippen molar-refractivity contribution >= 4 is 29.4 Å². The zero-order valence-corrected chi connectivity index (χ0v) is 31.4. The van der Waals surface area contributed by atoms with Crippen LogP contribution < -0.4 is 15.4 Å². The minimum Gasteiger partial charge on any atom is -0.478 e. The number of ether oxygens (including phenoxy) is 3. The van der Waals surface area contributed by atoms with Crippen molar-refractivity contribution in [2.45, 2.75) is 43.6 Å². The molecular formula is C45H41N3O7S. The average molecular weight is 768 g/mol. The number of nitrogens with zero attached hydrogens (tertiary/aromatic N) is 1. The summed E-state index contributed by atoms with van der Waals surface area (Å²) in [7, 11) is 0. The highest BCUT2D eigenvalue weighted by atomic mass is 32.2. The number of pyridine rings is 1. The molecule has 1 saturated heterocycles. The molecule has 1 fully saturated rings. The quantitative estimate of drug-likeness (QED) is 0.0846. The van der Waals surface area contributed by atoms with Crippen LogP contribution in [-0.2, 0) is 22.6 Å². The molecular weight excluding hydrogens is 727 g/mol. The first-order valence-corrected chi connectivity index (χ1v) is 19.2. The third-order valence-corrected chi connectivity index (χ3v) is 10.6. The maximum Gasteiger partial charge on any atom is 0.338 e. The van der Waals surface area contributed by atoms with E-state index in [-0.39, 0.29) is 36.3 Å². The molecule has 1 aromatic heterocycles. The van der Waals surface area contributed by atoms with Crippen LogP contribution in [0.15, 0.2) is 151 Å². The second kappa shape index (κ2) is 18.1. The fraction of sp³-hybridized carbons (Fsp3) is 0.178. The zero-order valence-electron chi connectivity index (χ0n) is 30.6. The highest BCUT2D eigenvalue weighted by Gasteiger charge is 2.38. The van der Waals surface area contributed by atoms with Crippen LogP contribution in [0.25, 0.3) is 11.1 Å². The van der Waals surface area contributed by atoms with Crippen molar-refractivity contribution in [3.63, 3.8) is 0 Å². The lowest BCUT2D eigenvalue weighted by Crippen LogP contribution is -2.38. The Morgan fingerprint density at radius 1 is 0.768 bits per heavy atom. The number of carbonyl (C=O) groups excluding carboxylic acids is 1. The predicted octanol–water partition coefficient (Wildman–Crippen LogP) is 9.64. The van der Waals surface area contributed by atoms with Gasteiger partial charge in [0, 0.05) is 35.7 Å². The largest absolute Gasteiger partial charge is 0.478 e. The summed E-state index contributed by atoms with van der Waals surface area (Å²) >= 11 is 1.35. The maximum absolute atomic E-state index is 12.7. The van der Waals surface area contributed by atoms with Crippen LogP contribution in [0, 0.1) is 5.92 Å². The molecule has 0 saturated carbocycles. The number of anilines is 1. The van der Waals surface area contributed by atoms with E-state index in [1.165, 1.54) is 11.8 Å². The molecule has 0 spiro atoms. The number of aliphatic hydroxyl groups is 1. The van der Waals surface area contributed by atoms with Crippen molar-refractivity contribution < 1.29 is 34.0 Å². The van der Waals surface area contributed by atoms with Gasteiger partial charge >= 0.3 is 12.0 Å². The van der Waals surface area contributed by atoms with E-state index in [2.05, 4.69) is 22.5 Å². The molecule has 0 aliphatic carbocycles. The number of nitrogens with one attached hydrogen (secondary N) is 2. The van der Waals surface area contributed by atoms with Gasteiger partial charge in [0.2, 0.25) is 0 Å². The molecule has 284 valence electrons. The van der Waals surface area contributed by atoms with E-state index in [0.29, 0.717) is 28.8 Å². The van der Waals surface area contributed by atoms with Crippen LogP contribution in [0.5, 0.6) is 11.5 Å². The summed E-state index contributed by atoms with van der Waals surface area (Å²) in [5, 5.41) is 25.5. The number of urea groups is 1. The lowest BCUT2D eigenvalue weighted by Gasteiger charge is -2.41. The number of para-hydroxylation sites is 1. The zero-order chi connectivity index (χ0) is 38.9. The molecule has 0 radical (unpaired) electrons. The van der Waals surface area contributed by atoms with Gasteiger partial charge in [-0.2, -0.15) is 0 Å². The Labute approximate surface area is 329 Å². The average Bonchev–Trinajstić information content (AvgIpc) is 3.24. The number of hydrogen-bond donors (Lipinski definition) is 4. The van der Waals surface area contributed by atoms with E-state index >= 15 is 0 Å². The summed E-state index contributed by atoms with van der Waals surface area (Å²) in [4.78, 5) is 28.9. The Kier molecular flexibility index (Phi) is 12.4. The summed E-state index contributed by atoms with van der Waals surface area (Å²) in [5.74, 6) is 0.779. The van der Waals surface area contributed by atoms with Crippen LogP contribution in [0.3, 0.4) is 0 Å². The molecule has 4 N–H and O–H groups in total. The molecule has 0 bridgehead atoms. The topological polar surface area (TPSA) is 139 Å². The number of carboxylic acid groups (broad SMARTS) is 1. The second-order valence-corrected chi connectivity index (χ2v) is 14.4. The van der Waals surface area contributed by atoms with E-state index in [0.717, 1.165) is 39.1 Å². The van der Waals surface area contributed by atoms with Crippen LogP contribution in [0.1, 0.15) is 51.9 Å². The predicted molar refractivity (Wildman–Crippen MR) is 216 cm³/mol. The molecule has 2 amide bonds. The molecule has 56 heavy (non-hydrogen) atoms. The van der Waals surface area contributed by atoms with Crippen LogP contribution in [0.2, 0.25) is 0 Å². The number of hydrogen-bond acceptors (Lipinski definition) is 8. The Morgan fingerprint density at radius 2 is 1.50 bits per heavy atom. The molecule has 1 aliphatic heterocycles. The van der Waals surface area contributed by atoms with Gasteiger partial charge < -0.3 is 35.1 Å². The molecule has 1 aliphatic rings. The Morgan fingerprint density at radius 3 is 2.23 bits per heavy atom. The second-order valence-electron chi connectivity index (χ2n) is 13.4. The van der Waals surface area contributed by atoms with Crippen molar-refractivity contribution in [3.8, 4) is 22.6 Å². The van der Waals surface area contributed by atoms with Gasteiger partial charge in [0.15, 0.2) is 6.29 Å². The lowest BCUT2D eigenvalue weighted by molar-refractivity contribution is -0.268. The van der Waals surface area contributed by atoms with E-state index < -0.39 is 12.3 Å². The van der Waals surface area contributed by atoms with Crippen molar-refractivity contribution in [2.24, 2.45) is 5.92 Å². The number of amides is 2. The Hall–Kier alpha value is -5.98. The Bertz CT molecular complexity index is 2240. The number of carboxylic acids is 1. The summed E-state index contributed by atoms with van der Waals surface area (Å²) < 4.78 is 19.0. The number of thioether (sulfide) groups is 1. The van der Waals surface area contributed by atoms with Crippen LogP contribution in [-0.4, -0.2) is 39.1 Å². The Balaban J connectivity index is 1.00. The fourth-order valence-electron chi connectivity index (χ4n) is 6.42. The SMILES string of the molecule is C[C@H]1[C@@H](CSc2ncccc2C(=O)O)O[C@@H](c2ccc(-c3cccc(CNC(=O)Nc4ccc(Oc5ccccc5)cc4)c3)cc2)O[C@H]1c1ccc(CO)cc1. The third kappa shape index (κ3) is 9.63. The summed E-state index contributed by atoms with van der Waals surface area (Å²) in [6.45, 7) is 2.35. The van der Waals surface area contributed by atoms with Crippen molar-refractivity contribution in [3.05, 3.63) is 174 Å². The van der Waals surface area contributed by atoms with Gasteiger partial charge in [-0.15, -0.1) is 11.8 Å². The summed E-state index contributed by atoms with van der Waals surface area (Å²) in [6, 6.07) is 43.3. The van der Waals surface area contributed by atoms with Crippen molar-refractivity contribution in [2.75, 3.05) is 11.1 Å². The van der Waals surface area contributed by atoms with E-state index in [1.807, 2.05) is 103 Å². The van der Waals surface area contributed by atoms with E-state index in [1.54, 1.807) is 42.6 Å². The van der Waals surface area contributed by atoms with Gasteiger partial charge in [-0.25, -0.2) is 14.6 Å². The summed E-state index contributed by atoms with van der Waals surface area (Å²) in [6.07, 6.45) is 0.299. The van der Waals surface area contributed by atoms with Crippen LogP contribution >= 0.6 is 11.8 Å². The van der Waals surface area contributed by atoms with E-state index in [4.69, 9.17) is 14.2 Å². The molecule has 5 aromatic carbocycles. The first-order chi connectivity index (χ1) is 27.3. The first kappa shape index (κ1) is 38.3. The van der Waals surface area contributed by atoms with Gasteiger partial charge in [-0.1, -0.05) is 91.9 Å². The minimum atomic E-state index is -1.03. The fourth-order valence-corrected chi connectivity index (χ4v) is 7.57. The lowest BCUT2D eigenvalue weighted by atomic mass is 9.91. The molecule has 10 nitrogen and oxygen atoms in total. The molecule has 0 unspecified atom stereocenters. The summed E-state index contributed by atoms with van der Waals surface area (Å²) in [5.41, 5.74) is 6.33. The monoisotopic (exact) mass is 767 g/mol. The maximum atomic E-state index is 12.7. The third-order valence-electron chi connectivity index (χ3n) is 9.50. The number of benzene rings is 5. The molecule has 7 rings (SSSR count). The number of aliphatic hydroxyl groups excluding tert-OH is 1. The van der Waals surface area contributed by atoms with Crippen molar-refractivity contribution in [1.82, 2.24) is 10.3 Å². The van der Waals surface area contributed by atoms with Gasteiger partial charge in [-0.3, -0.25) is 0 Å². The molecule has 11 heteroatoms. The first-order valence-electron chi connectivity index (χ1n) is 18.2. The molecule has 6 aromatic rings. The normalized spacial score (nSPS) is 17.8. The molecule has 4 atom stereocenters. The van der Waals surface area contributed by atoms with Gasteiger partial charge in [0.25, 0.3) is 0 Å². The number of carbonyl (C=O) groups is 2. The number of rotatable bonds is 13. The van der Waals surface area contributed by atoms with Gasteiger partial charge in [-0.05, 0) is 82.4 Å². The standard InChI is InChI=1S/C45H41N3O7S/c1-29-40(28-56-42-39(43(50)51)11-6-24-46-42)54-44(55-41(29)33-14-12-30(27-49)13-15-33)34-18-16-32(17-19-34)35-8-5-7-31(25-35)26-47-45(52)48-36-20-22-38(23-21-36)53-37-9-3-2-4-10-37/h2-25,29,40-41,44,49H,26-28H2,1H3,(H,50,51)(H2,47,48,52)/t29-,40+,41+,44+/m0/s1. The van der Waals surface area contributed by atoms with Crippen LogP contribution in [0.4, 0.5) is 10.5 Å². The van der Waals surface area contributed by atoms with Gasteiger partial charge in [0.1, 0.15) is 16.5 Å². The highest BCUT2D eigenvalue weighted by molar-refractivity contribution is 7.99. The minimum absolute atomic E-state index is 0.0505.